The number of benzene rings is 12. The Hall–Kier alpha value is -8.65. The monoisotopic (exact) mass is 1040 g/mol. The van der Waals surface area contributed by atoms with Crippen LogP contribution in [0.2, 0.25) is 0 Å². The van der Waals surface area contributed by atoms with Gasteiger partial charge < -0.3 is 14.2 Å². The molecule has 0 saturated carbocycles. The van der Waals surface area contributed by atoms with Gasteiger partial charge in [0, 0.05) is 83.8 Å². The highest BCUT2D eigenvalue weighted by atomic mass is 32.2. The van der Waals surface area contributed by atoms with E-state index in [9.17, 15) is 0 Å². The number of hydrogen-bond donors (Lipinski definition) is 0. The van der Waals surface area contributed by atoms with Gasteiger partial charge in [-0.3, -0.25) is 0 Å². The zero-order valence-corrected chi connectivity index (χ0v) is 44.4. The van der Waals surface area contributed by atoms with E-state index in [1.54, 1.807) is 0 Å². The molecule has 3 nitrogen and oxygen atoms in total. The summed E-state index contributed by atoms with van der Waals surface area (Å²) in [7, 11) is 0. The van der Waals surface area contributed by atoms with E-state index in [0.29, 0.717) is 0 Å². The van der Waals surface area contributed by atoms with Crippen LogP contribution in [-0.4, -0.2) is 0 Å². The largest absolute Gasteiger partial charge is 0.456 e. The molecule has 6 heteroatoms. The van der Waals surface area contributed by atoms with Crippen LogP contribution in [0.5, 0.6) is 0 Å². The standard InChI is InChI=1S/C71H44N2OS3/c1-71(2)55-18-6-7-19-57(55)72(60-40-62-50(39-56(60)71)45-15-3-10-22-61(45)74-62)43-29-31-48-53(37-43)69(41-27-33-65-51(35-41)46-16-4-11-23-63(46)75-65)49-32-30-44(73-58-20-8-13-25-67(58)77-68-26-14-9-21-59(68)73)38-54(49)70(48)42-28-34-66-52(36-42)47-17-5-12-24-64(47)76-66/h3-40H,1-2H3. The van der Waals surface area contributed by atoms with Crippen molar-refractivity contribution in [2.75, 3.05) is 9.80 Å². The lowest BCUT2D eigenvalue weighted by Gasteiger charge is -2.42. The van der Waals surface area contributed by atoms with Crippen molar-refractivity contribution in [3.8, 4) is 22.3 Å². The van der Waals surface area contributed by atoms with Gasteiger partial charge in [-0.05, 0) is 158 Å². The second-order valence-electron chi connectivity index (χ2n) is 21.1. The average Bonchev–Trinajstić information content (AvgIpc) is 4.33. The molecule has 0 spiro atoms. The molecular formula is C71H44N2OS3. The number of anilines is 6. The molecule has 0 saturated heterocycles. The van der Waals surface area contributed by atoms with Gasteiger partial charge in [0.05, 0.1) is 22.7 Å². The third-order valence-electron chi connectivity index (χ3n) is 16.6. The molecule has 0 fully saturated rings. The summed E-state index contributed by atoms with van der Waals surface area (Å²) < 4.78 is 11.9. The van der Waals surface area contributed by atoms with Crippen LogP contribution in [0.15, 0.2) is 245 Å². The highest BCUT2D eigenvalue weighted by molar-refractivity contribution is 7.99. The van der Waals surface area contributed by atoms with Gasteiger partial charge in [-0.1, -0.05) is 147 Å². The van der Waals surface area contributed by atoms with Crippen LogP contribution in [0, 0.1) is 0 Å². The quantitative estimate of drug-likeness (QED) is 0.164. The first-order valence-corrected chi connectivity index (χ1v) is 28.7. The van der Waals surface area contributed by atoms with Crippen LogP contribution >= 0.6 is 34.4 Å². The van der Waals surface area contributed by atoms with Crippen molar-refractivity contribution < 1.29 is 4.42 Å². The number of furan rings is 1. The lowest BCUT2D eigenvalue weighted by Crippen LogP contribution is -2.30. The molecule has 2 aliphatic heterocycles. The molecule has 3 aromatic heterocycles. The molecule has 0 bridgehead atoms. The van der Waals surface area contributed by atoms with E-state index < -0.39 is 0 Å². The molecule has 0 radical (unpaired) electrons. The molecule has 362 valence electrons. The van der Waals surface area contributed by atoms with Gasteiger partial charge in [-0.2, -0.15) is 0 Å². The zero-order chi connectivity index (χ0) is 50.7. The zero-order valence-electron chi connectivity index (χ0n) is 42.0. The van der Waals surface area contributed by atoms with Crippen molar-refractivity contribution in [2.24, 2.45) is 0 Å². The first kappa shape index (κ1) is 43.6. The molecule has 5 heterocycles. The van der Waals surface area contributed by atoms with Crippen LogP contribution in [-0.2, 0) is 5.41 Å². The maximum absolute atomic E-state index is 6.69. The van der Waals surface area contributed by atoms with E-state index in [1.807, 2.05) is 34.4 Å². The average molecular weight is 1040 g/mol. The van der Waals surface area contributed by atoms with Crippen molar-refractivity contribution in [2.45, 2.75) is 29.1 Å². The minimum absolute atomic E-state index is 0.282. The van der Waals surface area contributed by atoms with Gasteiger partial charge in [-0.25, -0.2) is 0 Å². The Bertz CT molecular complexity index is 4990. The minimum Gasteiger partial charge on any atom is -0.456 e. The maximum Gasteiger partial charge on any atom is 0.137 e. The molecule has 15 aromatic rings. The first-order valence-electron chi connectivity index (χ1n) is 26.3. The topological polar surface area (TPSA) is 19.6 Å². The first-order chi connectivity index (χ1) is 37.9. The molecule has 2 aliphatic rings. The second kappa shape index (κ2) is 16.2. The van der Waals surface area contributed by atoms with E-state index in [4.69, 9.17) is 4.42 Å². The number of thiophene rings is 2. The van der Waals surface area contributed by atoms with Crippen LogP contribution < -0.4 is 9.80 Å². The summed E-state index contributed by atoms with van der Waals surface area (Å²) in [5.41, 5.74) is 15.8. The van der Waals surface area contributed by atoms with Gasteiger partial charge >= 0.3 is 0 Å². The second-order valence-corrected chi connectivity index (χ2v) is 24.4. The number of para-hydroxylation sites is 4. The van der Waals surface area contributed by atoms with Gasteiger partial charge in [0.2, 0.25) is 0 Å². The summed E-state index contributed by atoms with van der Waals surface area (Å²) >= 11 is 5.59. The number of rotatable bonds is 4. The van der Waals surface area contributed by atoms with Crippen LogP contribution in [0.25, 0.3) is 106 Å². The Kier molecular flexibility index (Phi) is 9.16. The van der Waals surface area contributed by atoms with Crippen molar-refractivity contribution in [1.82, 2.24) is 0 Å². The molecule has 0 aliphatic carbocycles. The number of fused-ring (bicyclic) bond motifs is 15. The lowest BCUT2D eigenvalue weighted by molar-refractivity contribution is 0.630. The highest BCUT2D eigenvalue weighted by Crippen LogP contribution is 2.57. The Labute approximate surface area is 456 Å². The van der Waals surface area contributed by atoms with Crippen molar-refractivity contribution in [1.29, 1.82) is 0 Å². The van der Waals surface area contributed by atoms with Gasteiger partial charge in [0.1, 0.15) is 11.2 Å². The fourth-order valence-electron chi connectivity index (χ4n) is 13.0. The summed E-state index contributed by atoms with van der Waals surface area (Å²) in [6.07, 6.45) is 0. The molecule has 0 N–H and O–H groups in total. The van der Waals surface area contributed by atoms with E-state index in [2.05, 4.69) is 254 Å². The summed E-state index contributed by atoms with van der Waals surface area (Å²) in [5.74, 6) is 0. The van der Waals surface area contributed by atoms with Gasteiger partial charge in [0.25, 0.3) is 0 Å². The van der Waals surface area contributed by atoms with Crippen LogP contribution in [0.1, 0.15) is 25.0 Å². The van der Waals surface area contributed by atoms with Crippen molar-refractivity contribution in [3.05, 3.63) is 242 Å². The fraction of sp³-hybridized carbons (Fsp3) is 0.0423. The van der Waals surface area contributed by atoms with Crippen LogP contribution in [0.3, 0.4) is 0 Å². The number of hydrogen-bond acceptors (Lipinski definition) is 6. The normalized spacial score (nSPS) is 13.8. The third-order valence-corrected chi connectivity index (χ3v) is 20.0. The van der Waals surface area contributed by atoms with E-state index in [0.717, 1.165) is 39.0 Å². The molecule has 0 atom stereocenters. The van der Waals surface area contributed by atoms with E-state index in [-0.39, 0.29) is 5.41 Å². The third kappa shape index (κ3) is 6.32. The molecule has 17 rings (SSSR count). The van der Waals surface area contributed by atoms with Gasteiger partial charge in [-0.15, -0.1) is 22.7 Å². The Morgan fingerprint density at radius 3 is 1.43 bits per heavy atom. The summed E-state index contributed by atoms with van der Waals surface area (Å²) in [5, 5.41) is 12.3. The highest BCUT2D eigenvalue weighted by Gasteiger charge is 2.38. The summed E-state index contributed by atoms with van der Waals surface area (Å²) in [6.45, 7) is 4.75. The number of nitrogens with zero attached hydrogens (tertiary/aromatic N) is 2. The van der Waals surface area contributed by atoms with E-state index in [1.165, 1.54) is 122 Å². The van der Waals surface area contributed by atoms with E-state index >= 15 is 0 Å². The molecule has 12 aromatic carbocycles. The Balaban J connectivity index is 0.998. The molecule has 0 amide bonds. The lowest BCUT2D eigenvalue weighted by atomic mass is 9.73. The maximum atomic E-state index is 6.69. The summed E-state index contributed by atoms with van der Waals surface area (Å²) in [6, 6.07) is 86.5. The van der Waals surface area contributed by atoms with Crippen molar-refractivity contribution >= 4 is 152 Å². The predicted octanol–water partition coefficient (Wildman–Crippen LogP) is 22.0. The smallest absolute Gasteiger partial charge is 0.137 e. The molecule has 77 heavy (non-hydrogen) atoms. The van der Waals surface area contributed by atoms with Crippen molar-refractivity contribution in [3.63, 3.8) is 0 Å². The predicted molar refractivity (Wildman–Crippen MR) is 331 cm³/mol. The Morgan fingerprint density at radius 2 is 0.818 bits per heavy atom. The molecule has 0 unspecified atom stereocenters. The SMILES string of the molecule is CC1(C)c2ccccc2N(c2ccc3c(-c4ccc5sc6ccccc6c5c4)c4cc(N5c6ccccc6Sc6ccccc65)ccc4c(-c4ccc5sc6ccccc6c5c4)c3c2)c2cc3oc4ccccc4c3cc21. The van der Waals surface area contributed by atoms with Gasteiger partial charge in [0.15, 0.2) is 0 Å². The fourth-order valence-corrected chi connectivity index (χ4v) is 16.3. The summed E-state index contributed by atoms with van der Waals surface area (Å²) in [4.78, 5) is 7.47. The molecular weight excluding hydrogens is 993 g/mol. The van der Waals surface area contributed by atoms with Crippen LogP contribution in [0.4, 0.5) is 34.1 Å². The Morgan fingerprint density at radius 1 is 0.325 bits per heavy atom. The minimum atomic E-state index is -0.282.